The summed E-state index contributed by atoms with van der Waals surface area (Å²) in [7, 11) is 0. The van der Waals surface area contributed by atoms with Gasteiger partial charge in [0.05, 0.1) is 5.54 Å². The molecule has 0 saturated heterocycles. The van der Waals surface area contributed by atoms with E-state index >= 15 is 0 Å². The zero-order valence-electron chi connectivity index (χ0n) is 10.3. The van der Waals surface area contributed by atoms with E-state index in [-0.39, 0.29) is 5.54 Å². The maximum absolute atomic E-state index is 6.17. The largest absolute Gasteiger partial charge is 0.339 e. The molecule has 0 bridgehead atoms. The molecule has 4 heteroatoms. The summed E-state index contributed by atoms with van der Waals surface area (Å²) in [6.45, 7) is 0. The highest BCUT2D eigenvalue weighted by molar-refractivity contribution is 5.08. The minimum absolute atomic E-state index is 0.283. The molecule has 0 unspecified atom stereocenters. The molecule has 1 aromatic rings. The number of nitrogens with two attached hydrogens (primary N) is 1. The van der Waals surface area contributed by atoms with Gasteiger partial charge in [-0.1, -0.05) is 30.8 Å². The van der Waals surface area contributed by atoms with Gasteiger partial charge in [0, 0.05) is 6.42 Å². The summed E-state index contributed by atoms with van der Waals surface area (Å²) < 4.78 is 5.31. The first-order valence-corrected chi connectivity index (χ1v) is 6.88. The SMILES string of the molecule is NC1(c2noc(CCC3CCCC3)n2)CCC1. The first-order chi connectivity index (χ1) is 8.26. The number of aryl methyl sites for hydroxylation is 1. The van der Waals surface area contributed by atoms with Gasteiger partial charge in [-0.15, -0.1) is 0 Å². The van der Waals surface area contributed by atoms with E-state index in [1.54, 1.807) is 0 Å². The lowest BCUT2D eigenvalue weighted by atomic mass is 9.77. The van der Waals surface area contributed by atoms with Crippen LogP contribution in [0.2, 0.25) is 0 Å². The minimum atomic E-state index is -0.283. The van der Waals surface area contributed by atoms with Crippen LogP contribution in [0.3, 0.4) is 0 Å². The Morgan fingerprint density at radius 2 is 2.00 bits per heavy atom. The number of hydrogen-bond acceptors (Lipinski definition) is 4. The summed E-state index contributed by atoms with van der Waals surface area (Å²) in [5.74, 6) is 2.38. The predicted molar refractivity (Wildman–Crippen MR) is 64.3 cm³/mol. The minimum Gasteiger partial charge on any atom is -0.339 e. The summed E-state index contributed by atoms with van der Waals surface area (Å²) >= 11 is 0. The third kappa shape index (κ3) is 2.23. The lowest BCUT2D eigenvalue weighted by molar-refractivity contribution is 0.228. The molecule has 0 aliphatic heterocycles. The van der Waals surface area contributed by atoms with Crippen LogP contribution in [0.25, 0.3) is 0 Å². The van der Waals surface area contributed by atoms with Crippen LogP contribution in [-0.2, 0) is 12.0 Å². The van der Waals surface area contributed by atoms with Gasteiger partial charge in [0.25, 0.3) is 0 Å². The van der Waals surface area contributed by atoms with Crippen LogP contribution in [0.15, 0.2) is 4.52 Å². The average molecular weight is 235 g/mol. The highest BCUT2D eigenvalue weighted by Crippen LogP contribution is 2.37. The number of aromatic nitrogens is 2. The number of rotatable bonds is 4. The molecule has 2 aliphatic rings. The van der Waals surface area contributed by atoms with E-state index in [0.717, 1.165) is 36.9 Å². The van der Waals surface area contributed by atoms with Gasteiger partial charge < -0.3 is 10.3 Å². The van der Waals surface area contributed by atoms with Gasteiger partial charge >= 0.3 is 0 Å². The Morgan fingerprint density at radius 3 is 2.65 bits per heavy atom. The second-order valence-corrected chi connectivity index (χ2v) is 5.71. The maximum Gasteiger partial charge on any atom is 0.226 e. The molecule has 0 amide bonds. The maximum atomic E-state index is 6.17. The van der Waals surface area contributed by atoms with Crippen LogP contribution in [0.1, 0.15) is 63.1 Å². The number of nitrogens with zero attached hydrogens (tertiary/aromatic N) is 2. The summed E-state index contributed by atoms with van der Waals surface area (Å²) in [5.41, 5.74) is 5.89. The fourth-order valence-electron chi connectivity index (χ4n) is 2.97. The van der Waals surface area contributed by atoms with Crippen molar-refractivity contribution >= 4 is 0 Å². The Hall–Kier alpha value is -0.900. The van der Waals surface area contributed by atoms with Crippen molar-refractivity contribution in [3.63, 3.8) is 0 Å². The average Bonchev–Trinajstić information content (AvgIpc) is 2.94. The lowest BCUT2D eigenvalue weighted by Crippen LogP contribution is -2.44. The van der Waals surface area contributed by atoms with Crippen molar-refractivity contribution in [1.29, 1.82) is 0 Å². The van der Waals surface area contributed by atoms with E-state index in [2.05, 4.69) is 10.1 Å². The van der Waals surface area contributed by atoms with Gasteiger partial charge in [-0.2, -0.15) is 4.98 Å². The molecule has 4 nitrogen and oxygen atoms in total. The normalized spacial score (nSPS) is 23.8. The van der Waals surface area contributed by atoms with Crippen LogP contribution < -0.4 is 5.73 Å². The van der Waals surface area contributed by atoms with Gasteiger partial charge in [-0.25, -0.2) is 0 Å². The molecule has 0 radical (unpaired) electrons. The monoisotopic (exact) mass is 235 g/mol. The van der Waals surface area contributed by atoms with Crippen molar-refractivity contribution in [2.45, 2.75) is 63.3 Å². The second kappa shape index (κ2) is 4.41. The summed E-state index contributed by atoms with van der Waals surface area (Å²) in [5, 5.41) is 4.04. The van der Waals surface area contributed by atoms with Crippen molar-refractivity contribution in [2.24, 2.45) is 11.7 Å². The number of hydrogen-bond donors (Lipinski definition) is 1. The molecule has 0 atom stereocenters. The smallest absolute Gasteiger partial charge is 0.226 e. The Labute approximate surface area is 102 Å². The standard InChI is InChI=1S/C13H21N3O/c14-13(8-3-9-13)12-15-11(17-16-12)7-6-10-4-1-2-5-10/h10H,1-9,14H2. The third-order valence-corrected chi connectivity index (χ3v) is 4.40. The summed E-state index contributed by atoms with van der Waals surface area (Å²) in [6, 6.07) is 0. The van der Waals surface area contributed by atoms with Crippen LogP contribution in [0.5, 0.6) is 0 Å². The molecular weight excluding hydrogens is 214 g/mol. The molecule has 2 aliphatic carbocycles. The van der Waals surface area contributed by atoms with Crippen LogP contribution in [0, 0.1) is 5.92 Å². The molecule has 0 spiro atoms. The van der Waals surface area contributed by atoms with Gasteiger partial charge in [0.1, 0.15) is 0 Å². The first kappa shape index (κ1) is 11.2. The van der Waals surface area contributed by atoms with E-state index < -0.39 is 0 Å². The fraction of sp³-hybridized carbons (Fsp3) is 0.846. The van der Waals surface area contributed by atoms with Crippen LogP contribution in [0.4, 0.5) is 0 Å². The molecule has 1 aromatic heterocycles. The molecular formula is C13H21N3O. The summed E-state index contributed by atoms with van der Waals surface area (Å²) in [6.07, 6.45) is 10.8. The van der Waals surface area contributed by atoms with Gasteiger partial charge in [0.15, 0.2) is 5.82 Å². The molecule has 2 saturated carbocycles. The molecule has 0 aromatic carbocycles. The lowest BCUT2D eigenvalue weighted by Gasteiger charge is -2.34. The van der Waals surface area contributed by atoms with Crippen molar-refractivity contribution in [1.82, 2.24) is 10.1 Å². The van der Waals surface area contributed by atoms with E-state index in [1.165, 1.54) is 38.5 Å². The Balaban J connectivity index is 1.56. The molecule has 3 rings (SSSR count). The topological polar surface area (TPSA) is 64.9 Å². The van der Waals surface area contributed by atoms with Crippen molar-refractivity contribution in [3.8, 4) is 0 Å². The molecule has 2 fully saturated rings. The molecule has 17 heavy (non-hydrogen) atoms. The zero-order valence-corrected chi connectivity index (χ0v) is 10.3. The molecule has 1 heterocycles. The third-order valence-electron chi connectivity index (χ3n) is 4.40. The fourth-order valence-corrected chi connectivity index (χ4v) is 2.97. The van der Waals surface area contributed by atoms with Gasteiger partial charge in [-0.05, 0) is 31.6 Å². The summed E-state index contributed by atoms with van der Waals surface area (Å²) in [4.78, 5) is 4.46. The first-order valence-electron chi connectivity index (χ1n) is 6.88. The van der Waals surface area contributed by atoms with Gasteiger partial charge in [0.2, 0.25) is 5.89 Å². The molecule has 2 N–H and O–H groups in total. The Morgan fingerprint density at radius 1 is 1.24 bits per heavy atom. The van der Waals surface area contributed by atoms with E-state index in [0.29, 0.717) is 0 Å². The van der Waals surface area contributed by atoms with Crippen molar-refractivity contribution in [2.75, 3.05) is 0 Å². The Kier molecular flexibility index (Phi) is 2.90. The second-order valence-electron chi connectivity index (χ2n) is 5.71. The van der Waals surface area contributed by atoms with Crippen molar-refractivity contribution in [3.05, 3.63) is 11.7 Å². The van der Waals surface area contributed by atoms with Gasteiger partial charge in [-0.3, -0.25) is 0 Å². The van der Waals surface area contributed by atoms with E-state index in [4.69, 9.17) is 10.3 Å². The highest BCUT2D eigenvalue weighted by Gasteiger charge is 2.38. The predicted octanol–water partition coefficient (Wildman–Crippen LogP) is 2.53. The van der Waals surface area contributed by atoms with Crippen molar-refractivity contribution < 1.29 is 4.52 Å². The Bertz CT molecular complexity index is 378. The quantitative estimate of drug-likeness (QED) is 0.871. The van der Waals surface area contributed by atoms with E-state index in [1.807, 2.05) is 0 Å². The van der Waals surface area contributed by atoms with E-state index in [9.17, 15) is 0 Å². The van der Waals surface area contributed by atoms with Crippen LogP contribution in [-0.4, -0.2) is 10.1 Å². The zero-order chi connectivity index (χ0) is 11.7. The molecule has 94 valence electrons. The highest BCUT2D eigenvalue weighted by atomic mass is 16.5. The van der Waals surface area contributed by atoms with Crippen LogP contribution >= 0.6 is 0 Å².